The monoisotopic (exact) mass is 351 g/mol. The van der Waals surface area contributed by atoms with Gasteiger partial charge in [0.05, 0.1) is 5.69 Å². The number of hydrogen-bond acceptors (Lipinski definition) is 4. The third-order valence-electron chi connectivity index (χ3n) is 5.28. The van der Waals surface area contributed by atoms with Gasteiger partial charge in [0, 0.05) is 11.6 Å². The van der Waals surface area contributed by atoms with Crippen LogP contribution in [0.1, 0.15) is 26.2 Å². The van der Waals surface area contributed by atoms with E-state index in [1.54, 1.807) is 19.1 Å². The molecule has 0 aromatic heterocycles. The van der Waals surface area contributed by atoms with Crippen molar-refractivity contribution < 1.29 is 14.3 Å². The molecule has 6 nitrogen and oxygen atoms in total. The molecule has 1 aromatic carbocycles. The number of amides is 2. The van der Waals surface area contributed by atoms with Crippen LogP contribution in [-0.2, 0) is 9.59 Å². The number of benzene rings is 1. The highest BCUT2D eigenvalue weighted by molar-refractivity contribution is 6.00. The van der Waals surface area contributed by atoms with E-state index in [-0.39, 0.29) is 35.6 Å². The average molecular weight is 352 g/mol. The maximum Gasteiger partial charge on any atom is 0.265 e. The van der Waals surface area contributed by atoms with Crippen LogP contribution in [0.5, 0.6) is 5.75 Å². The first kappa shape index (κ1) is 17.0. The molecule has 3 aliphatic rings. The zero-order valence-corrected chi connectivity index (χ0v) is 14.4. The molecule has 2 unspecified atom stereocenters. The largest absolute Gasteiger partial charge is 0.479 e. The van der Waals surface area contributed by atoms with Crippen LogP contribution >= 0.6 is 12.4 Å². The van der Waals surface area contributed by atoms with Crippen LogP contribution in [0.15, 0.2) is 18.2 Å². The molecule has 4 rings (SSSR count). The van der Waals surface area contributed by atoms with Crippen LogP contribution in [0.25, 0.3) is 0 Å². The van der Waals surface area contributed by atoms with Crippen LogP contribution in [0.3, 0.4) is 0 Å². The molecule has 2 heterocycles. The van der Waals surface area contributed by atoms with Gasteiger partial charge in [-0.25, -0.2) is 0 Å². The number of fused-ring (bicyclic) bond motifs is 1. The highest BCUT2D eigenvalue weighted by Gasteiger charge is 2.57. The fourth-order valence-corrected chi connectivity index (χ4v) is 3.71. The van der Waals surface area contributed by atoms with Crippen molar-refractivity contribution in [2.75, 3.05) is 23.7 Å². The lowest BCUT2D eigenvalue weighted by atomic mass is 9.92. The van der Waals surface area contributed by atoms with Crippen molar-refractivity contribution in [3.05, 3.63) is 18.2 Å². The molecule has 1 aliphatic carbocycles. The van der Waals surface area contributed by atoms with Gasteiger partial charge in [-0.3, -0.25) is 9.59 Å². The molecule has 130 valence electrons. The van der Waals surface area contributed by atoms with E-state index < -0.39 is 6.10 Å². The molecule has 0 bridgehead atoms. The lowest BCUT2D eigenvalue weighted by Gasteiger charge is -2.24. The van der Waals surface area contributed by atoms with E-state index >= 15 is 0 Å². The molecule has 3 N–H and O–H groups in total. The maximum absolute atomic E-state index is 12.5. The Kier molecular flexibility index (Phi) is 4.44. The Hall–Kier alpha value is -1.79. The third-order valence-corrected chi connectivity index (χ3v) is 5.28. The molecule has 1 spiro atoms. The predicted molar refractivity (Wildman–Crippen MR) is 93.7 cm³/mol. The Bertz CT molecular complexity index is 673. The highest BCUT2D eigenvalue weighted by Crippen LogP contribution is 2.58. The number of carbonyl (C=O) groups is 2. The van der Waals surface area contributed by atoms with E-state index in [0.29, 0.717) is 17.1 Å². The number of carbonyl (C=O) groups excluding carboxylic acids is 2. The van der Waals surface area contributed by atoms with Crippen molar-refractivity contribution in [1.29, 1.82) is 0 Å². The number of nitrogens with one attached hydrogen (secondary N) is 3. The standard InChI is InChI=1S/C17H21N3O3.ClH/c1-10-15(21)20-13-8-11(2-3-14(13)23-10)19-16(22)12-9-17(12)4-6-18-7-5-17;/h2-3,8,10,12,18H,4-7,9H2,1H3,(H,19,22)(H,20,21);1H. The third kappa shape index (κ3) is 2.96. The minimum absolute atomic E-state index is 0. The van der Waals surface area contributed by atoms with E-state index in [0.717, 1.165) is 32.4 Å². The van der Waals surface area contributed by atoms with Crippen molar-refractivity contribution in [3.8, 4) is 5.75 Å². The first-order valence-corrected chi connectivity index (χ1v) is 8.21. The predicted octanol–water partition coefficient (Wildman–Crippen LogP) is 2.16. The summed E-state index contributed by atoms with van der Waals surface area (Å²) in [6.07, 6.45) is 2.66. The molecule has 1 saturated carbocycles. The summed E-state index contributed by atoms with van der Waals surface area (Å²) < 4.78 is 5.52. The quantitative estimate of drug-likeness (QED) is 0.762. The van der Waals surface area contributed by atoms with Gasteiger partial charge in [0.15, 0.2) is 6.10 Å². The lowest BCUT2D eigenvalue weighted by molar-refractivity contribution is -0.122. The minimum Gasteiger partial charge on any atom is -0.479 e. The molecule has 2 aliphatic heterocycles. The number of anilines is 2. The van der Waals surface area contributed by atoms with Crippen molar-refractivity contribution in [1.82, 2.24) is 5.32 Å². The number of halogens is 1. The molecule has 2 amide bonds. The van der Waals surface area contributed by atoms with Crippen LogP contribution in [0, 0.1) is 11.3 Å². The molecule has 1 saturated heterocycles. The van der Waals surface area contributed by atoms with E-state index in [9.17, 15) is 9.59 Å². The van der Waals surface area contributed by atoms with E-state index in [4.69, 9.17) is 4.74 Å². The Balaban J connectivity index is 0.00000169. The van der Waals surface area contributed by atoms with Crippen LogP contribution in [-0.4, -0.2) is 31.0 Å². The summed E-state index contributed by atoms with van der Waals surface area (Å²) in [5.41, 5.74) is 1.53. The van der Waals surface area contributed by atoms with E-state index in [1.807, 2.05) is 6.07 Å². The molecular formula is C17H22ClN3O3. The fraction of sp³-hybridized carbons (Fsp3) is 0.529. The number of rotatable bonds is 2. The van der Waals surface area contributed by atoms with E-state index in [1.165, 1.54) is 0 Å². The van der Waals surface area contributed by atoms with Gasteiger partial charge in [0.25, 0.3) is 5.91 Å². The van der Waals surface area contributed by atoms with Crippen molar-refractivity contribution in [2.24, 2.45) is 11.3 Å². The number of hydrogen-bond donors (Lipinski definition) is 3. The lowest BCUT2D eigenvalue weighted by Crippen LogP contribution is -2.34. The second-order valence-electron chi connectivity index (χ2n) is 6.82. The summed E-state index contributed by atoms with van der Waals surface area (Å²) in [6, 6.07) is 5.36. The Morgan fingerprint density at radius 2 is 2.08 bits per heavy atom. The van der Waals surface area contributed by atoms with Gasteiger partial charge in [0.2, 0.25) is 5.91 Å². The summed E-state index contributed by atoms with van der Waals surface area (Å²) in [7, 11) is 0. The van der Waals surface area contributed by atoms with Gasteiger partial charge in [-0.1, -0.05) is 0 Å². The van der Waals surface area contributed by atoms with Gasteiger partial charge in [-0.15, -0.1) is 12.4 Å². The molecular weight excluding hydrogens is 330 g/mol. The van der Waals surface area contributed by atoms with E-state index in [2.05, 4.69) is 16.0 Å². The van der Waals surface area contributed by atoms with Crippen LogP contribution in [0.4, 0.5) is 11.4 Å². The first-order chi connectivity index (χ1) is 11.1. The van der Waals surface area contributed by atoms with Crippen LogP contribution < -0.4 is 20.7 Å². The normalized spacial score (nSPS) is 26.5. The maximum atomic E-state index is 12.5. The molecule has 24 heavy (non-hydrogen) atoms. The average Bonchev–Trinajstić information content (AvgIpc) is 3.23. The molecule has 2 fully saturated rings. The molecule has 7 heteroatoms. The molecule has 0 radical (unpaired) electrons. The second kappa shape index (κ2) is 6.26. The zero-order valence-electron chi connectivity index (χ0n) is 13.6. The van der Waals surface area contributed by atoms with Crippen molar-refractivity contribution in [2.45, 2.75) is 32.3 Å². The Morgan fingerprint density at radius 1 is 1.33 bits per heavy atom. The zero-order chi connectivity index (χ0) is 16.0. The summed E-state index contributed by atoms with van der Waals surface area (Å²) in [4.78, 5) is 24.2. The van der Waals surface area contributed by atoms with Gasteiger partial charge < -0.3 is 20.7 Å². The molecule has 1 aromatic rings. The highest BCUT2D eigenvalue weighted by atomic mass is 35.5. The summed E-state index contributed by atoms with van der Waals surface area (Å²) in [5.74, 6) is 0.669. The first-order valence-electron chi connectivity index (χ1n) is 8.21. The van der Waals surface area contributed by atoms with Gasteiger partial charge in [0.1, 0.15) is 5.75 Å². The number of piperidine rings is 1. The van der Waals surface area contributed by atoms with Gasteiger partial charge in [-0.2, -0.15) is 0 Å². The van der Waals surface area contributed by atoms with Crippen molar-refractivity contribution >= 4 is 35.6 Å². The van der Waals surface area contributed by atoms with Crippen molar-refractivity contribution in [3.63, 3.8) is 0 Å². The van der Waals surface area contributed by atoms with Crippen LogP contribution in [0.2, 0.25) is 0 Å². The second-order valence-corrected chi connectivity index (χ2v) is 6.82. The summed E-state index contributed by atoms with van der Waals surface area (Å²) >= 11 is 0. The fourth-order valence-electron chi connectivity index (χ4n) is 3.71. The number of ether oxygens (including phenoxy) is 1. The SMILES string of the molecule is CC1Oc2ccc(NC(=O)C3CC34CCNCC4)cc2NC1=O.Cl. The topological polar surface area (TPSA) is 79.5 Å². The Morgan fingerprint density at radius 3 is 2.83 bits per heavy atom. The minimum atomic E-state index is -0.492. The van der Waals surface area contributed by atoms with Gasteiger partial charge in [-0.05, 0) is 62.9 Å². The summed E-state index contributed by atoms with van der Waals surface area (Å²) in [5, 5.41) is 9.13. The van der Waals surface area contributed by atoms with Gasteiger partial charge >= 0.3 is 0 Å². The smallest absolute Gasteiger partial charge is 0.265 e. The molecule has 2 atom stereocenters. The Labute approximate surface area is 147 Å². The summed E-state index contributed by atoms with van der Waals surface area (Å²) in [6.45, 7) is 3.72.